The van der Waals surface area contributed by atoms with Crippen molar-refractivity contribution in [3.8, 4) is 0 Å². The van der Waals surface area contributed by atoms with Gasteiger partial charge in [-0.2, -0.15) is 0 Å². The van der Waals surface area contributed by atoms with Crippen LogP contribution in [0.4, 0.5) is 4.39 Å². The number of halogens is 2. The zero-order valence-electron chi connectivity index (χ0n) is 8.13. The van der Waals surface area contributed by atoms with Crippen LogP contribution in [0, 0.1) is 5.82 Å². The van der Waals surface area contributed by atoms with E-state index in [0.717, 1.165) is 29.3 Å². The van der Waals surface area contributed by atoms with Crippen molar-refractivity contribution in [2.45, 2.75) is 32.3 Å². The molecule has 3 heteroatoms. The molecule has 1 nitrogen and oxygen atoms in total. The Kier molecular flexibility index (Phi) is 4.55. The maximum absolute atomic E-state index is 12.9. The molecule has 0 aliphatic rings. The number of hydrogen-bond acceptors (Lipinski definition) is 1. The Morgan fingerprint density at radius 3 is 2.86 bits per heavy atom. The van der Waals surface area contributed by atoms with Gasteiger partial charge in [-0.25, -0.2) is 4.39 Å². The van der Waals surface area contributed by atoms with Gasteiger partial charge in [0.15, 0.2) is 0 Å². The van der Waals surface area contributed by atoms with Crippen LogP contribution in [0.25, 0.3) is 0 Å². The molecule has 0 spiro atoms. The first-order chi connectivity index (χ1) is 6.59. The van der Waals surface area contributed by atoms with E-state index in [1.807, 2.05) is 0 Å². The third-order valence-electron chi connectivity index (χ3n) is 2.08. The SMILES string of the molecule is CC(O)CCCc1cc(F)ccc1Br. The lowest BCUT2D eigenvalue weighted by Crippen LogP contribution is -2.00. The van der Waals surface area contributed by atoms with E-state index in [0.29, 0.717) is 0 Å². The molecule has 0 aromatic heterocycles. The van der Waals surface area contributed by atoms with E-state index in [2.05, 4.69) is 15.9 Å². The van der Waals surface area contributed by atoms with Gasteiger partial charge >= 0.3 is 0 Å². The fourth-order valence-corrected chi connectivity index (χ4v) is 1.77. The van der Waals surface area contributed by atoms with Crippen molar-refractivity contribution >= 4 is 15.9 Å². The van der Waals surface area contributed by atoms with Crippen LogP contribution in [0.3, 0.4) is 0 Å². The fourth-order valence-electron chi connectivity index (χ4n) is 1.32. The Bertz CT molecular complexity index is 299. The van der Waals surface area contributed by atoms with E-state index in [1.165, 1.54) is 12.1 Å². The van der Waals surface area contributed by atoms with Crippen LogP contribution in [0.2, 0.25) is 0 Å². The van der Waals surface area contributed by atoms with Crippen molar-refractivity contribution in [2.75, 3.05) is 0 Å². The van der Waals surface area contributed by atoms with Crippen LogP contribution in [0.15, 0.2) is 22.7 Å². The zero-order valence-corrected chi connectivity index (χ0v) is 9.72. The lowest BCUT2D eigenvalue weighted by molar-refractivity contribution is 0.181. The number of hydrogen-bond donors (Lipinski definition) is 1. The molecule has 0 bridgehead atoms. The molecule has 1 atom stereocenters. The van der Waals surface area contributed by atoms with Gasteiger partial charge in [-0.3, -0.25) is 0 Å². The molecule has 0 saturated carbocycles. The smallest absolute Gasteiger partial charge is 0.123 e. The molecule has 0 amide bonds. The Morgan fingerprint density at radius 1 is 1.50 bits per heavy atom. The van der Waals surface area contributed by atoms with Gasteiger partial charge in [0.05, 0.1) is 6.10 Å². The first kappa shape index (κ1) is 11.7. The number of aryl methyl sites for hydroxylation is 1. The first-order valence-electron chi connectivity index (χ1n) is 4.71. The highest BCUT2D eigenvalue weighted by Crippen LogP contribution is 2.20. The maximum Gasteiger partial charge on any atom is 0.123 e. The van der Waals surface area contributed by atoms with Crippen LogP contribution in [0.5, 0.6) is 0 Å². The zero-order chi connectivity index (χ0) is 10.6. The highest BCUT2D eigenvalue weighted by Gasteiger charge is 2.02. The quantitative estimate of drug-likeness (QED) is 0.881. The van der Waals surface area contributed by atoms with Gasteiger partial charge in [-0.15, -0.1) is 0 Å². The van der Waals surface area contributed by atoms with Crippen LogP contribution < -0.4 is 0 Å². The number of benzene rings is 1. The predicted molar refractivity (Wildman–Crippen MR) is 58.7 cm³/mol. The Hall–Kier alpha value is -0.410. The van der Waals surface area contributed by atoms with Crippen molar-refractivity contribution in [3.63, 3.8) is 0 Å². The predicted octanol–water partition coefficient (Wildman–Crippen LogP) is 3.29. The molecule has 0 aliphatic heterocycles. The van der Waals surface area contributed by atoms with Gasteiger partial charge in [0, 0.05) is 4.47 Å². The van der Waals surface area contributed by atoms with Crippen molar-refractivity contribution in [1.82, 2.24) is 0 Å². The van der Waals surface area contributed by atoms with E-state index >= 15 is 0 Å². The summed E-state index contributed by atoms with van der Waals surface area (Å²) < 4.78 is 13.8. The summed E-state index contributed by atoms with van der Waals surface area (Å²) in [7, 11) is 0. The van der Waals surface area contributed by atoms with E-state index in [4.69, 9.17) is 5.11 Å². The van der Waals surface area contributed by atoms with E-state index < -0.39 is 0 Å². The largest absolute Gasteiger partial charge is 0.393 e. The molecule has 0 radical (unpaired) electrons. The van der Waals surface area contributed by atoms with Crippen molar-refractivity contribution in [1.29, 1.82) is 0 Å². The average molecular weight is 261 g/mol. The lowest BCUT2D eigenvalue weighted by Gasteiger charge is -2.06. The highest BCUT2D eigenvalue weighted by molar-refractivity contribution is 9.10. The van der Waals surface area contributed by atoms with E-state index in [1.54, 1.807) is 13.0 Å². The summed E-state index contributed by atoms with van der Waals surface area (Å²) >= 11 is 3.37. The summed E-state index contributed by atoms with van der Waals surface area (Å²) in [4.78, 5) is 0. The fraction of sp³-hybridized carbons (Fsp3) is 0.455. The molecule has 1 unspecified atom stereocenters. The van der Waals surface area contributed by atoms with Gasteiger partial charge in [0.2, 0.25) is 0 Å². The molecule has 0 aliphatic carbocycles. The molecule has 0 heterocycles. The molecular formula is C11H14BrFO. The highest BCUT2D eigenvalue weighted by atomic mass is 79.9. The lowest BCUT2D eigenvalue weighted by atomic mass is 10.1. The van der Waals surface area contributed by atoms with Gasteiger partial charge in [0.1, 0.15) is 5.82 Å². The summed E-state index contributed by atoms with van der Waals surface area (Å²) in [5, 5.41) is 9.07. The van der Waals surface area contributed by atoms with Crippen LogP contribution in [-0.4, -0.2) is 11.2 Å². The Balaban J connectivity index is 2.53. The third kappa shape index (κ3) is 3.76. The second-order valence-corrected chi connectivity index (χ2v) is 4.33. The van der Waals surface area contributed by atoms with Gasteiger partial charge < -0.3 is 5.11 Å². The molecule has 0 fully saturated rings. The summed E-state index contributed by atoms with van der Waals surface area (Å²) in [6.45, 7) is 1.76. The molecular weight excluding hydrogens is 247 g/mol. The van der Waals surface area contributed by atoms with Gasteiger partial charge in [-0.1, -0.05) is 15.9 Å². The van der Waals surface area contributed by atoms with Crippen molar-refractivity contribution in [3.05, 3.63) is 34.1 Å². The molecule has 0 saturated heterocycles. The van der Waals surface area contributed by atoms with E-state index in [-0.39, 0.29) is 11.9 Å². The molecule has 14 heavy (non-hydrogen) atoms. The van der Waals surface area contributed by atoms with Crippen LogP contribution in [-0.2, 0) is 6.42 Å². The number of aliphatic hydroxyl groups is 1. The standard InChI is InChI=1S/C11H14BrFO/c1-8(14)3-2-4-9-7-10(13)5-6-11(9)12/h5-8,14H,2-4H2,1H3. The average Bonchev–Trinajstić information content (AvgIpc) is 2.10. The topological polar surface area (TPSA) is 20.2 Å². The van der Waals surface area contributed by atoms with Gasteiger partial charge in [0.25, 0.3) is 0 Å². The van der Waals surface area contributed by atoms with Gasteiger partial charge in [-0.05, 0) is 49.9 Å². The molecule has 1 aromatic carbocycles. The maximum atomic E-state index is 12.9. The number of aliphatic hydroxyl groups excluding tert-OH is 1. The monoisotopic (exact) mass is 260 g/mol. The van der Waals surface area contributed by atoms with Crippen molar-refractivity contribution < 1.29 is 9.50 Å². The first-order valence-corrected chi connectivity index (χ1v) is 5.51. The second-order valence-electron chi connectivity index (χ2n) is 3.48. The van der Waals surface area contributed by atoms with E-state index in [9.17, 15) is 4.39 Å². The Morgan fingerprint density at radius 2 is 2.21 bits per heavy atom. The minimum absolute atomic E-state index is 0.208. The van der Waals surface area contributed by atoms with Crippen molar-refractivity contribution in [2.24, 2.45) is 0 Å². The molecule has 1 rings (SSSR count). The Labute approximate surface area is 92.1 Å². The number of rotatable bonds is 4. The van der Waals surface area contributed by atoms with Crippen LogP contribution in [0.1, 0.15) is 25.3 Å². The minimum atomic E-state index is -0.276. The normalized spacial score (nSPS) is 12.9. The van der Waals surface area contributed by atoms with Crippen LogP contribution >= 0.6 is 15.9 Å². The summed E-state index contributed by atoms with van der Waals surface area (Å²) in [5.74, 6) is -0.208. The summed E-state index contributed by atoms with van der Waals surface area (Å²) in [5.41, 5.74) is 0.964. The molecule has 78 valence electrons. The third-order valence-corrected chi connectivity index (χ3v) is 2.85. The molecule has 1 N–H and O–H groups in total. The second kappa shape index (κ2) is 5.47. The molecule has 1 aromatic rings. The minimum Gasteiger partial charge on any atom is -0.393 e. The summed E-state index contributed by atoms with van der Waals surface area (Å²) in [6, 6.07) is 4.68. The summed E-state index contributed by atoms with van der Waals surface area (Å²) in [6.07, 6.45) is 2.15.